The predicted molar refractivity (Wildman–Crippen MR) is 85.6 cm³/mol. The van der Waals surface area contributed by atoms with Gasteiger partial charge in [0.1, 0.15) is 5.60 Å². The molecule has 0 bridgehead atoms. The van der Waals surface area contributed by atoms with Gasteiger partial charge in [0.2, 0.25) is 0 Å². The number of hydrogen-bond donors (Lipinski definition) is 3. The number of ether oxygens (including phenoxy) is 1. The molecule has 7 heteroatoms. The maximum atomic E-state index is 12.0. The number of amides is 1. The molecule has 0 fully saturated rings. The molecule has 0 aliphatic rings. The Kier molecular flexibility index (Phi) is 8.10. The fraction of sp³-hybridized carbons (Fsp3) is 0.857. The molecule has 0 saturated heterocycles. The van der Waals surface area contributed by atoms with Crippen LogP contribution >= 0.6 is 11.8 Å². The Morgan fingerprint density at radius 1 is 1.38 bits per heavy atom. The van der Waals surface area contributed by atoms with Gasteiger partial charge in [0.15, 0.2) is 5.54 Å². The van der Waals surface area contributed by atoms with Gasteiger partial charge in [0.05, 0.1) is 0 Å². The molecule has 0 rings (SSSR count). The fourth-order valence-electron chi connectivity index (χ4n) is 1.97. The van der Waals surface area contributed by atoms with Crippen molar-refractivity contribution in [1.82, 2.24) is 5.32 Å². The highest BCUT2D eigenvalue weighted by Gasteiger charge is 2.45. The number of nitrogens with one attached hydrogen (secondary N) is 1. The van der Waals surface area contributed by atoms with E-state index in [4.69, 9.17) is 10.5 Å². The first kappa shape index (κ1) is 20.1. The van der Waals surface area contributed by atoms with Crippen LogP contribution in [0.5, 0.6) is 0 Å². The Bertz CT molecular complexity index is 357. The molecule has 2 atom stereocenters. The summed E-state index contributed by atoms with van der Waals surface area (Å²) in [6.45, 7) is 7.10. The lowest BCUT2D eigenvalue weighted by Crippen LogP contribution is -2.65. The number of aliphatic carboxylic acids is 1. The van der Waals surface area contributed by atoms with Gasteiger partial charge in [0.25, 0.3) is 0 Å². The second-order valence-corrected chi connectivity index (χ2v) is 7.03. The van der Waals surface area contributed by atoms with E-state index in [1.165, 1.54) is 11.8 Å². The van der Waals surface area contributed by atoms with E-state index in [1.54, 1.807) is 20.8 Å². The van der Waals surface area contributed by atoms with Crippen LogP contribution in [0.15, 0.2) is 0 Å². The van der Waals surface area contributed by atoms with Crippen LogP contribution in [0.25, 0.3) is 0 Å². The monoisotopic (exact) mass is 320 g/mol. The number of hydrogen-bond acceptors (Lipinski definition) is 5. The average Bonchev–Trinajstić information content (AvgIpc) is 2.31. The van der Waals surface area contributed by atoms with Crippen molar-refractivity contribution in [2.45, 2.75) is 64.1 Å². The molecular formula is C14H28N2O4S. The van der Waals surface area contributed by atoms with Crippen LogP contribution in [0.1, 0.15) is 47.0 Å². The van der Waals surface area contributed by atoms with Gasteiger partial charge < -0.3 is 20.9 Å². The van der Waals surface area contributed by atoms with Crippen LogP contribution in [0.2, 0.25) is 0 Å². The maximum Gasteiger partial charge on any atom is 0.408 e. The van der Waals surface area contributed by atoms with Gasteiger partial charge in [-0.1, -0.05) is 13.3 Å². The van der Waals surface area contributed by atoms with Gasteiger partial charge in [-0.25, -0.2) is 9.59 Å². The molecule has 0 radical (unpaired) electrons. The molecule has 4 N–H and O–H groups in total. The Balaban J connectivity index is 5.25. The molecule has 0 aromatic heterocycles. The molecular weight excluding hydrogens is 292 g/mol. The molecule has 21 heavy (non-hydrogen) atoms. The van der Waals surface area contributed by atoms with E-state index >= 15 is 0 Å². The van der Waals surface area contributed by atoms with Gasteiger partial charge in [0, 0.05) is 6.04 Å². The summed E-state index contributed by atoms with van der Waals surface area (Å²) in [6.07, 6.45) is 2.63. The molecule has 1 amide bonds. The highest BCUT2D eigenvalue weighted by atomic mass is 32.2. The molecule has 2 unspecified atom stereocenters. The lowest BCUT2D eigenvalue weighted by Gasteiger charge is -2.36. The third-order valence-electron chi connectivity index (χ3n) is 3.04. The van der Waals surface area contributed by atoms with E-state index in [-0.39, 0.29) is 6.42 Å². The molecule has 0 heterocycles. The third kappa shape index (κ3) is 6.56. The van der Waals surface area contributed by atoms with Crippen LogP contribution in [0.3, 0.4) is 0 Å². The van der Waals surface area contributed by atoms with Crippen molar-refractivity contribution in [3.05, 3.63) is 0 Å². The van der Waals surface area contributed by atoms with E-state index in [1.807, 2.05) is 13.2 Å². The van der Waals surface area contributed by atoms with Crippen molar-refractivity contribution in [3.63, 3.8) is 0 Å². The number of nitrogens with two attached hydrogens (primary N) is 1. The summed E-state index contributed by atoms with van der Waals surface area (Å²) < 4.78 is 5.18. The molecule has 0 aliphatic carbocycles. The second kappa shape index (κ2) is 8.48. The van der Waals surface area contributed by atoms with Crippen molar-refractivity contribution in [2.24, 2.45) is 5.73 Å². The predicted octanol–water partition coefficient (Wildman–Crippen LogP) is 2.22. The van der Waals surface area contributed by atoms with Gasteiger partial charge in [-0.05, 0) is 45.6 Å². The topological polar surface area (TPSA) is 102 Å². The average molecular weight is 320 g/mol. The lowest BCUT2D eigenvalue weighted by molar-refractivity contribution is -0.146. The van der Waals surface area contributed by atoms with E-state index in [0.29, 0.717) is 12.2 Å². The van der Waals surface area contributed by atoms with Crippen molar-refractivity contribution in [3.8, 4) is 0 Å². The number of carbonyl (C=O) groups is 2. The molecule has 0 aliphatic heterocycles. The Morgan fingerprint density at radius 2 is 1.95 bits per heavy atom. The first-order valence-corrected chi connectivity index (χ1v) is 8.47. The number of carboxylic acid groups (broad SMARTS) is 1. The van der Waals surface area contributed by atoms with E-state index in [0.717, 1.165) is 6.42 Å². The minimum Gasteiger partial charge on any atom is -0.479 e. The highest BCUT2D eigenvalue weighted by molar-refractivity contribution is 7.98. The normalized spacial score (nSPS) is 15.9. The van der Waals surface area contributed by atoms with Crippen LogP contribution in [0, 0.1) is 0 Å². The van der Waals surface area contributed by atoms with Crippen molar-refractivity contribution >= 4 is 23.8 Å². The zero-order valence-corrected chi connectivity index (χ0v) is 14.4. The Hall–Kier alpha value is -0.950. The van der Waals surface area contributed by atoms with Crippen molar-refractivity contribution < 1.29 is 19.4 Å². The minimum absolute atomic E-state index is 0.254. The van der Waals surface area contributed by atoms with Crippen LogP contribution < -0.4 is 11.1 Å². The minimum atomic E-state index is -1.50. The van der Waals surface area contributed by atoms with Crippen LogP contribution in [-0.2, 0) is 9.53 Å². The van der Waals surface area contributed by atoms with Crippen LogP contribution in [-0.4, -0.2) is 46.4 Å². The van der Waals surface area contributed by atoms with Crippen molar-refractivity contribution in [2.75, 3.05) is 12.0 Å². The summed E-state index contributed by atoms with van der Waals surface area (Å²) in [4.78, 5) is 23.8. The summed E-state index contributed by atoms with van der Waals surface area (Å²) in [6, 6.07) is -0.667. The van der Waals surface area contributed by atoms with Gasteiger partial charge >= 0.3 is 12.1 Å². The Morgan fingerprint density at radius 3 is 2.33 bits per heavy atom. The first-order valence-electron chi connectivity index (χ1n) is 7.08. The zero-order valence-electron chi connectivity index (χ0n) is 13.6. The molecule has 0 saturated carbocycles. The molecule has 6 nitrogen and oxygen atoms in total. The summed E-state index contributed by atoms with van der Waals surface area (Å²) in [5, 5.41) is 12.1. The number of alkyl carbamates (subject to hydrolysis) is 1. The Labute approximate surface area is 131 Å². The van der Waals surface area contributed by atoms with Gasteiger partial charge in [-0.2, -0.15) is 11.8 Å². The lowest BCUT2D eigenvalue weighted by atomic mass is 9.85. The summed E-state index contributed by atoms with van der Waals surface area (Å²) in [5.74, 6) is -0.539. The van der Waals surface area contributed by atoms with E-state index < -0.39 is 29.2 Å². The molecule has 0 aromatic carbocycles. The highest BCUT2D eigenvalue weighted by Crippen LogP contribution is 2.22. The zero-order chi connectivity index (χ0) is 16.7. The number of carboxylic acids is 1. The first-order chi connectivity index (χ1) is 9.59. The SMILES string of the molecule is CCCC(N)C(CCSC)(NC(=O)OC(C)(C)C)C(=O)O. The third-order valence-corrected chi connectivity index (χ3v) is 3.65. The summed E-state index contributed by atoms with van der Waals surface area (Å²) in [7, 11) is 0. The summed E-state index contributed by atoms with van der Waals surface area (Å²) >= 11 is 1.51. The number of rotatable bonds is 8. The van der Waals surface area contributed by atoms with E-state index in [9.17, 15) is 14.7 Å². The van der Waals surface area contributed by atoms with Crippen LogP contribution in [0.4, 0.5) is 4.79 Å². The maximum absolute atomic E-state index is 12.0. The van der Waals surface area contributed by atoms with Gasteiger partial charge in [-0.15, -0.1) is 0 Å². The second-order valence-electron chi connectivity index (χ2n) is 6.04. The molecule has 0 spiro atoms. The number of thioether (sulfide) groups is 1. The smallest absolute Gasteiger partial charge is 0.408 e. The fourth-order valence-corrected chi connectivity index (χ4v) is 2.49. The quantitative estimate of drug-likeness (QED) is 0.634. The van der Waals surface area contributed by atoms with Crippen molar-refractivity contribution in [1.29, 1.82) is 0 Å². The van der Waals surface area contributed by atoms with Gasteiger partial charge in [-0.3, -0.25) is 0 Å². The largest absolute Gasteiger partial charge is 0.479 e. The number of carbonyl (C=O) groups excluding carboxylic acids is 1. The molecule has 124 valence electrons. The molecule has 0 aromatic rings. The standard InChI is InChI=1S/C14H28N2O4S/c1-6-7-10(15)14(11(17)18,8-9-21-5)16-12(19)20-13(2,3)4/h10H,6-9,15H2,1-5H3,(H,16,19)(H,17,18). The van der Waals surface area contributed by atoms with E-state index in [2.05, 4.69) is 5.32 Å². The summed E-state index contributed by atoms with van der Waals surface area (Å²) in [5.41, 5.74) is 3.87.